The molecule has 1 aliphatic carbocycles. The number of aliphatic carboxylic acids is 1. The number of carboxylic acid groups (broad SMARTS) is 1. The fourth-order valence-electron chi connectivity index (χ4n) is 3.58. The summed E-state index contributed by atoms with van der Waals surface area (Å²) in [7, 11) is 0. The first kappa shape index (κ1) is 16.3. The topological polar surface area (TPSA) is 75.6 Å². The molecule has 0 aromatic carbocycles. The molecule has 1 amide bonds. The van der Waals surface area contributed by atoms with Gasteiger partial charge in [-0.25, -0.2) is 0 Å². The van der Waals surface area contributed by atoms with Gasteiger partial charge in [-0.1, -0.05) is 19.3 Å². The smallest absolute Gasteiger partial charge is 0.303 e. The summed E-state index contributed by atoms with van der Waals surface area (Å²) in [4.78, 5) is 23.0. The van der Waals surface area contributed by atoms with E-state index in [4.69, 9.17) is 9.84 Å². The SMILES string of the molecule is O=C(O)CC1(CNC(=O)CCC2CCCO2)CCCCC1. The molecule has 0 bridgehead atoms. The predicted molar refractivity (Wildman–Crippen MR) is 79.0 cm³/mol. The van der Waals surface area contributed by atoms with Gasteiger partial charge in [0.25, 0.3) is 0 Å². The molecule has 2 aliphatic rings. The zero-order valence-corrected chi connectivity index (χ0v) is 12.7. The lowest BCUT2D eigenvalue weighted by molar-refractivity contribution is -0.140. The molecule has 2 N–H and O–H groups in total. The summed E-state index contributed by atoms with van der Waals surface area (Å²) in [5, 5.41) is 12.1. The lowest BCUT2D eigenvalue weighted by atomic mass is 9.71. The number of carbonyl (C=O) groups is 2. The van der Waals surface area contributed by atoms with Gasteiger partial charge in [0.15, 0.2) is 0 Å². The maximum absolute atomic E-state index is 12.0. The second-order valence-corrected chi connectivity index (χ2v) is 6.58. The fraction of sp³-hybridized carbons (Fsp3) is 0.875. The number of carbonyl (C=O) groups excluding carboxylic acids is 1. The predicted octanol–water partition coefficient (Wildman–Crippen LogP) is 2.49. The number of nitrogens with one attached hydrogen (secondary N) is 1. The van der Waals surface area contributed by atoms with Crippen molar-refractivity contribution in [1.82, 2.24) is 5.32 Å². The Morgan fingerprint density at radius 3 is 2.57 bits per heavy atom. The average molecular weight is 297 g/mol. The van der Waals surface area contributed by atoms with E-state index < -0.39 is 5.97 Å². The molecule has 1 unspecified atom stereocenters. The molecule has 0 spiro atoms. The van der Waals surface area contributed by atoms with Crippen molar-refractivity contribution in [3.05, 3.63) is 0 Å². The fourth-order valence-corrected chi connectivity index (χ4v) is 3.58. The zero-order valence-electron chi connectivity index (χ0n) is 12.7. The molecule has 5 heteroatoms. The third kappa shape index (κ3) is 5.30. The van der Waals surface area contributed by atoms with Crippen LogP contribution < -0.4 is 5.32 Å². The van der Waals surface area contributed by atoms with Crippen LogP contribution in [0.3, 0.4) is 0 Å². The Hall–Kier alpha value is -1.10. The minimum Gasteiger partial charge on any atom is -0.481 e. The molecule has 1 saturated carbocycles. The Kier molecular flexibility index (Phi) is 6.03. The Bertz CT molecular complexity index is 357. The van der Waals surface area contributed by atoms with Crippen molar-refractivity contribution < 1.29 is 19.4 Å². The summed E-state index contributed by atoms with van der Waals surface area (Å²) < 4.78 is 5.51. The van der Waals surface area contributed by atoms with Gasteiger partial charge < -0.3 is 15.2 Å². The van der Waals surface area contributed by atoms with Crippen molar-refractivity contribution in [2.75, 3.05) is 13.2 Å². The van der Waals surface area contributed by atoms with E-state index in [2.05, 4.69) is 5.32 Å². The van der Waals surface area contributed by atoms with E-state index in [-0.39, 0.29) is 23.8 Å². The van der Waals surface area contributed by atoms with Gasteiger partial charge in [-0.3, -0.25) is 9.59 Å². The van der Waals surface area contributed by atoms with Gasteiger partial charge in [-0.15, -0.1) is 0 Å². The quantitative estimate of drug-likeness (QED) is 0.757. The van der Waals surface area contributed by atoms with E-state index in [0.717, 1.165) is 51.6 Å². The summed E-state index contributed by atoms with van der Waals surface area (Å²) in [6.07, 6.45) is 8.93. The second kappa shape index (κ2) is 7.78. The van der Waals surface area contributed by atoms with Crippen molar-refractivity contribution >= 4 is 11.9 Å². The Balaban J connectivity index is 1.74. The normalized spacial score (nSPS) is 24.7. The van der Waals surface area contributed by atoms with E-state index in [0.29, 0.717) is 13.0 Å². The summed E-state index contributed by atoms with van der Waals surface area (Å²) in [5.41, 5.74) is -0.233. The number of hydrogen-bond acceptors (Lipinski definition) is 3. The van der Waals surface area contributed by atoms with Crippen LogP contribution in [-0.4, -0.2) is 36.2 Å². The molecule has 0 aromatic heterocycles. The van der Waals surface area contributed by atoms with Crippen molar-refractivity contribution in [2.45, 2.75) is 70.3 Å². The maximum Gasteiger partial charge on any atom is 0.303 e. The summed E-state index contributed by atoms with van der Waals surface area (Å²) in [5.74, 6) is -0.730. The molecule has 1 aliphatic heterocycles. The molecule has 2 rings (SSSR count). The lowest BCUT2D eigenvalue weighted by Crippen LogP contribution is -2.40. The summed E-state index contributed by atoms with van der Waals surface area (Å²) in [6.45, 7) is 1.32. The number of hydrogen-bond donors (Lipinski definition) is 2. The first-order valence-corrected chi connectivity index (χ1v) is 8.20. The molecule has 120 valence electrons. The molecular weight excluding hydrogens is 270 g/mol. The summed E-state index contributed by atoms with van der Waals surface area (Å²) >= 11 is 0. The largest absolute Gasteiger partial charge is 0.481 e. The third-order valence-corrected chi connectivity index (χ3v) is 4.82. The number of carboxylic acids is 1. The minimum atomic E-state index is -0.759. The van der Waals surface area contributed by atoms with Crippen LogP contribution in [0.2, 0.25) is 0 Å². The van der Waals surface area contributed by atoms with Crippen molar-refractivity contribution in [3.8, 4) is 0 Å². The first-order chi connectivity index (χ1) is 10.1. The van der Waals surface area contributed by atoms with Crippen LogP contribution in [0.4, 0.5) is 0 Å². The first-order valence-electron chi connectivity index (χ1n) is 8.20. The van der Waals surface area contributed by atoms with E-state index >= 15 is 0 Å². The van der Waals surface area contributed by atoms with Crippen LogP contribution in [0.25, 0.3) is 0 Å². The molecule has 1 atom stereocenters. The molecule has 2 fully saturated rings. The highest BCUT2D eigenvalue weighted by Crippen LogP contribution is 2.38. The molecule has 21 heavy (non-hydrogen) atoms. The van der Waals surface area contributed by atoms with Crippen LogP contribution in [0.15, 0.2) is 0 Å². The Labute approximate surface area is 126 Å². The monoisotopic (exact) mass is 297 g/mol. The van der Waals surface area contributed by atoms with Crippen molar-refractivity contribution in [2.24, 2.45) is 5.41 Å². The molecule has 1 heterocycles. The number of amides is 1. The van der Waals surface area contributed by atoms with Gasteiger partial charge in [0.2, 0.25) is 5.91 Å². The van der Waals surface area contributed by atoms with Crippen LogP contribution in [0.5, 0.6) is 0 Å². The van der Waals surface area contributed by atoms with Gasteiger partial charge in [-0.05, 0) is 37.5 Å². The average Bonchev–Trinajstić information content (AvgIpc) is 2.96. The van der Waals surface area contributed by atoms with E-state index in [1.165, 1.54) is 6.42 Å². The van der Waals surface area contributed by atoms with Gasteiger partial charge >= 0.3 is 5.97 Å². The molecule has 1 saturated heterocycles. The molecular formula is C16H27NO4. The van der Waals surface area contributed by atoms with Crippen LogP contribution in [-0.2, 0) is 14.3 Å². The van der Waals surface area contributed by atoms with E-state index in [1.54, 1.807) is 0 Å². The van der Waals surface area contributed by atoms with Gasteiger partial charge in [0, 0.05) is 19.6 Å². The van der Waals surface area contributed by atoms with Gasteiger partial charge in [0.05, 0.1) is 12.5 Å². The second-order valence-electron chi connectivity index (χ2n) is 6.58. The van der Waals surface area contributed by atoms with Crippen LogP contribution >= 0.6 is 0 Å². The van der Waals surface area contributed by atoms with Crippen molar-refractivity contribution in [3.63, 3.8) is 0 Å². The molecule has 5 nitrogen and oxygen atoms in total. The molecule has 0 aromatic rings. The lowest BCUT2D eigenvalue weighted by Gasteiger charge is -2.36. The highest BCUT2D eigenvalue weighted by atomic mass is 16.5. The van der Waals surface area contributed by atoms with E-state index in [1.807, 2.05) is 0 Å². The number of rotatable bonds is 7. The van der Waals surface area contributed by atoms with Crippen LogP contribution in [0.1, 0.15) is 64.2 Å². The summed E-state index contributed by atoms with van der Waals surface area (Å²) in [6, 6.07) is 0. The maximum atomic E-state index is 12.0. The zero-order chi connectivity index (χ0) is 15.1. The third-order valence-electron chi connectivity index (χ3n) is 4.82. The Morgan fingerprint density at radius 1 is 1.19 bits per heavy atom. The highest BCUT2D eigenvalue weighted by molar-refractivity contribution is 5.76. The minimum absolute atomic E-state index is 0.0286. The standard InChI is InChI=1S/C16H27NO4/c18-14(7-6-13-5-4-10-21-13)17-12-16(11-15(19)20)8-2-1-3-9-16/h13H,1-12H2,(H,17,18)(H,19,20). The van der Waals surface area contributed by atoms with Crippen molar-refractivity contribution in [1.29, 1.82) is 0 Å². The number of ether oxygens (including phenoxy) is 1. The van der Waals surface area contributed by atoms with Gasteiger partial charge in [0.1, 0.15) is 0 Å². The van der Waals surface area contributed by atoms with E-state index in [9.17, 15) is 9.59 Å². The highest BCUT2D eigenvalue weighted by Gasteiger charge is 2.34. The van der Waals surface area contributed by atoms with Crippen LogP contribution in [0, 0.1) is 5.41 Å². The molecule has 0 radical (unpaired) electrons. The van der Waals surface area contributed by atoms with Gasteiger partial charge in [-0.2, -0.15) is 0 Å². The Morgan fingerprint density at radius 2 is 1.95 bits per heavy atom.